The molecule has 0 saturated heterocycles. The molecular formula is C20H14Cl2N4O2. The Morgan fingerprint density at radius 3 is 2.46 bits per heavy atom. The second-order valence-corrected chi connectivity index (χ2v) is 6.44. The van der Waals surface area contributed by atoms with Gasteiger partial charge in [-0.2, -0.15) is 10.2 Å². The highest BCUT2D eigenvalue weighted by Gasteiger charge is 2.05. The largest absolute Gasteiger partial charge is 0.507 e. The quantitative estimate of drug-likeness (QED) is 0.311. The number of rotatable bonds is 5. The van der Waals surface area contributed by atoms with Crippen LogP contribution in [0.1, 0.15) is 15.9 Å². The van der Waals surface area contributed by atoms with Gasteiger partial charge in [-0.25, -0.2) is 5.43 Å². The molecule has 0 fully saturated rings. The molecule has 3 aromatic rings. The first kappa shape index (κ1) is 19.5. The standard InChI is InChI=1S/C20H14Cl2N4O2/c21-15-7-5-13(6-8-15)20(28)26-23-12-14-11-16(9-10-19(14)27)24-25-18-4-2-1-3-17(18)22/h1-12,27H,(H,26,28). The number of phenols is 1. The summed E-state index contributed by atoms with van der Waals surface area (Å²) in [6, 6.07) is 18.1. The molecule has 1 amide bonds. The molecule has 0 aromatic heterocycles. The molecular weight excluding hydrogens is 399 g/mol. The fraction of sp³-hybridized carbons (Fsp3) is 0. The van der Waals surface area contributed by atoms with E-state index in [1.807, 2.05) is 0 Å². The average Bonchev–Trinajstić information content (AvgIpc) is 2.70. The maximum absolute atomic E-state index is 12.0. The summed E-state index contributed by atoms with van der Waals surface area (Å²) in [5.41, 5.74) is 4.18. The van der Waals surface area contributed by atoms with Crippen molar-refractivity contribution in [3.63, 3.8) is 0 Å². The van der Waals surface area contributed by atoms with E-state index in [1.165, 1.54) is 12.3 Å². The van der Waals surface area contributed by atoms with Crippen molar-refractivity contribution in [2.45, 2.75) is 0 Å². The highest BCUT2D eigenvalue weighted by molar-refractivity contribution is 6.32. The summed E-state index contributed by atoms with van der Waals surface area (Å²) in [4.78, 5) is 12.0. The van der Waals surface area contributed by atoms with E-state index in [0.717, 1.165) is 0 Å². The van der Waals surface area contributed by atoms with Gasteiger partial charge in [0.25, 0.3) is 5.91 Å². The van der Waals surface area contributed by atoms with Crippen LogP contribution in [0.25, 0.3) is 0 Å². The molecule has 0 aliphatic carbocycles. The number of phenolic OH excluding ortho intramolecular Hbond substituents is 1. The number of carbonyl (C=O) groups excluding carboxylic acids is 1. The number of carbonyl (C=O) groups is 1. The minimum absolute atomic E-state index is 0.0128. The van der Waals surface area contributed by atoms with E-state index in [4.69, 9.17) is 23.2 Å². The van der Waals surface area contributed by atoms with Gasteiger partial charge >= 0.3 is 0 Å². The lowest BCUT2D eigenvalue weighted by Crippen LogP contribution is -2.17. The van der Waals surface area contributed by atoms with Gasteiger partial charge in [-0.05, 0) is 54.6 Å². The molecule has 3 rings (SSSR count). The number of hydrogen-bond acceptors (Lipinski definition) is 5. The van der Waals surface area contributed by atoms with Gasteiger partial charge in [-0.15, -0.1) is 5.11 Å². The number of azo groups is 1. The van der Waals surface area contributed by atoms with Crippen molar-refractivity contribution in [3.8, 4) is 5.75 Å². The predicted octanol–water partition coefficient (Wildman–Crippen LogP) is 5.88. The lowest BCUT2D eigenvalue weighted by Gasteiger charge is -2.02. The summed E-state index contributed by atoms with van der Waals surface area (Å²) in [5, 5.41) is 23.0. The SMILES string of the molecule is O=C(NN=Cc1cc(N=Nc2ccccc2Cl)ccc1O)c1ccc(Cl)cc1. The van der Waals surface area contributed by atoms with E-state index in [-0.39, 0.29) is 5.75 Å². The number of nitrogens with one attached hydrogen (secondary N) is 1. The zero-order valence-electron chi connectivity index (χ0n) is 14.4. The Bertz CT molecular complexity index is 1050. The summed E-state index contributed by atoms with van der Waals surface area (Å²) < 4.78 is 0. The molecule has 0 unspecified atom stereocenters. The zero-order chi connectivity index (χ0) is 19.9. The molecule has 0 radical (unpaired) electrons. The van der Waals surface area contributed by atoms with Crippen LogP contribution in [0.15, 0.2) is 82.1 Å². The van der Waals surface area contributed by atoms with Crippen LogP contribution in [-0.4, -0.2) is 17.2 Å². The third kappa shape index (κ3) is 5.16. The van der Waals surface area contributed by atoms with Crippen LogP contribution in [0.5, 0.6) is 5.75 Å². The maximum Gasteiger partial charge on any atom is 0.271 e. The van der Waals surface area contributed by atoms with Crippen molar-refractivity contribution in [3.05, 3.63) is 87.9 Å². The van der Waals surface area contributed by atoms with Crippen LogP contribution in [0.4, 0.5) is 11.4 Å². The van der Waals surface area contributed by atoms with Gasteiger partial charge in [0, 0.05) is 16.1 Å². The van der Waals surface area contributed by atoms with Gasteiger partial charge in [-0.3, -0.25) is 4.79 Å². The van der Waals surface area contributed by atoms with E-state index in [1.54, 1.807) is 60.7 Å². The summed E-state index contributed by atoms with van der Waals surface area (Å²) in [6.07, 6.45) is 1.32. The summed E-state index contributed by atoms with van der Waals surface area (Å²) in [7, 11) is 0. The van der Waals surface area contributed by atoms with Crippen molar-refractivity contribution in [2.75, 3.05) is 0 Å². The monoisotopic (exact) mass is 412 g/mol. The van der Waals surface area contributed by atoms with Crippen LogP contribution in [-0.2, 0) is 0 Å². The van der Waals surface area contributed by atoms with Crippen molar-refractivity contribution in [1.82, 2.24) is 5.43 Å². The lowest BCUT2D eigenvalue weighted by molar-refractivity contribution is 0.0955. The first-order valence-electron chi connectivity index (χ1n) is 8.11. The molecule has 6 nitrogen and oxygen atoms in total. The van der Waals surface area contributed by atoms with E-state index < -0.39 is 5.91 Å². The Balaban J connectivity index is 1.71. The minimum Gasteiger partial charge on any atom is -0.507 e. The molecule has 8 heteroatoms. The highest BCUT2D eigenvalue weighted by atomic mass is 35.5. The van der Waals surface area contributed by atoms with Crippen LogP contribution < -0.4 is 5.43 Å². The second-order valence-electron chi connectivity index (χ2n) is 5.60. The molecule has 0 aliphatic rings. The fourth-order valence-corrected chi connectivity index (χ4v) is 2.48. The fourth-order valence-electron chi connectivity index (χ4n) is 2.18. The topological polar surface area (TPSA) is 86.4 Å². The molecule has 0 aliphatic heterocycles. The van der Waals surface area contributed by atoms with Crippen LogP contribution in [0.3, 0.4) is 0 Å². The summed E-state index contributed by atoms with van der Waals surface area (Å²) in [5.74, 6) is -0.414. The third-order valence-electron chi connectivity index (χ3n) is 3.61. The van der Waals surface area contributed by atoms with Gasteiger partial charge < -0.3 is 5.11 Å². The average molecular weight is 413 g/mol. The first-order valence-corrected chi connectivity index (χ1v) is 8.87. The Morgan fingerprint density at radius 1 is 0.964 bits per heavy atom. The van der Waals surface area contributed by atoms with Crippen molar-refractivity contribution >= 4 is 46.7 Å². The Morgan fingerprint density at radius 2 is 1.71 bits per heavy atom. The first-order chi connectivity index (χ1) is 13.5. The number of hydrogen-bond donors (Lipinski definition) is 2. The predicted molar refractivity (Wildman–Crippen MR) is 110 cm³/mol. The van der Waals surface area contributed by atoms with Crippen molar-refractivity contribution in [1.29, 1.82) is 0 Å². The number of aromatic hydroxyl groups is 1. The smallest absolute Gasteiger partial charge is 0.271 e. The molecule has 0 saturated carbocycles. The molecule has 0 bridgehead atoms. The summed E-state index contributed by atoms with van der Waals surface area (Å²) >= 11 is 11.8. The van der Waals surface area contributed by atoms with Gasteiger partial charge in [0.05, 0.1) is 16.9 Å². The molecule has 3 aromatic carbocycles. The molecule has 2 N–H and O–H groups in total. The molecule has 0 spiro atoms. The Labute approximate surface area is 171 Å². The van der Waals surface area contributed by atoms with Crippen molar-refractivity contribution in [2.24, 2.45) is 15.3 Å². The lowest BCUT2D eigenvalue weighted by atomic mass is 10.2. The second kappa shape index (κ2) is 9.12. The molecule has 0 heterocycles. The van der Waals surface area contributed by atoms with Gasteiger partial charge in [0.1, 0.15) is 11.4 Å². The van der Waals surface area contributed by atoms with E-state index >= 15 is 0 Å². The molecule has 28 heavy (non-hydrogen) atoms. The normalized spacial score (nSPS) is 11.2. The number of hydrazone groups is 1. The van der Waals surface area contributed by atoms with E-state index in [2.05, 4.69) is 20.8 Å². The number of halogens is 2. The van der Waals surface area contributed by atoms with Gasteiger partial charge in [-0.1, -0.05) is 35.3 Å². The zero-order valence-corrected chi connectivity index (χ0v) is 15.9. The minimum atomic E-state index is -0.401. The highest BCUT2D eigenvalue weighted by Crippen LogP contribution is 2.27. The number of nitrogens with zero attached hydrogens (tertiary/aromatic N) is 3. The molecule has 140 valence electrons. The van der Waals surface area contributed by atoms with Crippen molar-refractivity contribution < 1.29 is 9.90 Å². The van der Waals surface area contributed by atoms with Gasteiger partial charge in [0.2, 0.25) is 0 Å². The maximum atomic E-state index is 12.0. The Hall–Kier alpha value is -3.22. The van der Waals surface area contributed by atoms with Crippen LogP contribution >= 0.6 is 23.2 Å². The number of amides is 1. The van der Waals surface area contributed by atoms with E-state index in [9.17, 15) is 9.90 Å². The summed E-state index contributed by atoms with van der Waals surface area (Å²) in [6.45, 7) is 0. The molecule has 0 atom stereocenters. The third-order valence-corrected chi connectivity index (χ3v) is 4.18. The Kier molecular flexibility index (Phi) is 6.37. The van der Waals surface area contributed by atoms with E-state index in [0.29, 0.717) is 32.5 Å². The van der Waals surface area contributed by atoms with Gasteiger partial charge in [0.15, 0.2) is 0 Å². The van der Waals surface area contributed by atoms with Crippen LogP contribution in [0, 0.1) is 0 Å². The number of benzene rings is 3. The van der Waals surface area contributed by atoms with Crippen LogP contribution in [0.2, 0.25) is 10.0 Å².